The molecule has 2 heterocycles. The third-order valence-corrected chi connectivity index (χ3v) is 5.63. The fourth-order valence-electron chi connectivity index (χ4n) is 4.10. The third-order valence-electron chi connectivity index (χ3n) is 5.63. The summed E-state index contributed by atoms with van der Waals surface area (Å²) in [6.07, 6.45) is 1.86. The van der Waals surface area contributed by atoms with Crippen LogP contribution in [0.15, 0.2) is 77.9 Å². The normalized spacial score (nSPS) is 11.7. The molecule has 0 saturated carbocycles. The molecule has 0 saturated heterocycles. The Morgan fingerprint density at radius 1 is 0.933 bits per heavy atom. The molecule has 3 aromatic carbocycles. The maximum absolute atomic E-state index is 4.60. The molecule has 0 aliphatic rings. The minimum absolute atomic E-state index is 0.718. The summed E-state index contributed by atoms with van der Waals surface area (Å²) in [5.74, 6) is 0.718. The summed E-state index contributed by atoms with van der Waals surface area (Å²) >= 11 is 0. The van der Waals surface area contributed by atoms with Gasteiger partial charge in [-0.25, -0.2) is 10.4 Å². The van der Waals surface area contributed by atoms with E-state index in [9.17, 15) is 0 Å². The number of hydrogen-bond acceptors (Lipinski definition) is 3. The van der Waals surface area contributed by atoms with Crippen LogP contribution in [-0.2, 0) is 7.05 Å². The number of benzene rings is 3. The predicted octanol–water partition coefficient (Wildman–Crippen LogP) is 5.58. The van der Waals surface area contributed by atoms with Gasteiger partial charge in [0.05, 0.1) is 22.9 Å². The molecule has 1 N–H and O–H groups in total. The van der Waals surface area contributed by atoms with Crippen LogP contribution in [0.25, 0.3) is 27.5 Å². The second-order valence-corrected chi connectivity index (χ2v) is 7.51. The molecule has 0 atom stereocenters. The van der Waals surface area contributed by atoms with E-state index >= 15 is 0 Å². The van der Waals surface area contributed by atoms with Crippen LogP contribution in [0.2, 0.25) is 0 Å². The Labute approximate surface area is 175 Å². The molecule has 0 fully saturated rings. The van der Waals surface area contributed by atoms with Crippen molar-refractivity contribution in [2.24, 2.45) is 12.1 Å². The maximum Gasteiger partial charge on any atom is 0.224 e. The monoisotopic (exact) mass is 393 g/mol. The van der Waals surface area contributed by atoms with Crippen LogP contribution in [0.1, 0.15) is 17.0 Å². The zero-order chi connectivity index (χ0) is 20.7. The highest BCUT2D eigenvalue weighted by Gasteiger charge is 2.12. The molecular weight excluding hydrogens is 370 g/mol. The molecule has 0 aliphatic heterocycles. The van der Waals surface area contributed by atoms with Gasteiger partial charge in [-0.3, -0.25) is 0 Å². The van der Waals surface area contributed by atoms with Gasteiger partial charge in [0.15, 0.2) is 0 Å². The second-order valence-electron chi connectivity index (χ2n) is 7.51. The van der Waals surface area contributed by atoms with Gasteiger partial charge in [0.1, 0.15) is 0 Å². The molecule has 30 heavy (non-hydrogen) atoms. The van der Waals surface area contributed by atoms with Crippen molar-refractivity contribution in [2.45, 2.75) is 13.8 Å². The van der Waals surface area contributed by atoms with E-state index in [4.69, 9.17) is 0 Å². The molecule has 0 amide bonds. The maximum atomic E-state index is 4.60. The van der Waals surface area contributed by atoms with Crippen molar-refractivity contribution in [3.05, 3.63) is 89.7 Å². The van der Waals surface area contributed by atoms with Gasteiger partial charge in [-0.05, 0) is 43.5 Å². The van der Waals surface area contributed by atoms with Gasteiger partial charge >= 0.3 is 0 Å². The molecule has 5 heteroatoms. The number of nitrogens with one attached hydrogen (secondary N) is 1. The third kappa shape index (κ3) is 2.95. The first-order valence-corrected chi connectivity index (χ1v) is 10.0. The number of hydrogen-bond donors (Lipinski definition) is 1. The summed E-state index contributed by atoms with van der Waals surface area (Å²) in [6.45, 7) is 4.26. The number of hydrazone groups is 1. The van der Waals surface area contributed by atoms with Crippen molar-refractivity contribution in [3.8, 4) is 5.69 Å². The highest BCUT2D eigenvalue weighted by atomic mass is 15.4. The number of para-hydroxylation sites is 2. The van der Waals surface area contributed by atoms with Gasteiger partial charge in [-0.15, -0.1) is 0 Å². The SMILES string of the molecule is Cc1cc(/C=N\Nc2nc3ccccc3n2C)c(C)n1-c1cccc2ccccc12. The summed E-state index contributed by atoms with van der Waals surface area (Å²) in [7, 11) is 1.99. The van der Waals surface area contributed by atoms with Gasteiger partial charge in [-0.2, -0.15) is 5.10 Å². The first kappa shape index (κ1) is 18.2. The lowest BCUT2D eigenvalue weighted by atomic mass is 10.1. The Morgan fingerprint density at radius 3 is 2.57 bits per heavy atom. The summed E-state index contributed by atoms with van der Waals surface area (Å²) in [6, 6.07) is 25.1. The largest absolute Gasteiger partial charge is 0.317 e. The van der Waals surface area contributed by atoms with Crippen LogP contribution in [0.5, 0.6) is 0 Å². The number of nitrogens with zero attached hydrogens (tertiary/aromatic N) is 4. The van der Waals surface area contributed by atoms with Crippen molar-refractivity contribution in [1.29, 1.82) is 0 Å². The molecule has 0 spiro atoms. The summed E-state index contributed by atoms with van der Waals surface area (Å²) < 4.78 is 4.30. The van der Waals surface area contributed by atoms with Gasteiger partial charge in [0, 0.05) is 29.4 Å². The Kier molecular flexibility index (Phi) is 4.36. The van der Waals surface area contributed by atoms with E-state index in [0.717, 1.165) is 28.2 Å². The minimum atomic E-state index is 0.718. The summed E-state index contributed by atoms with van der Waals surface area (Å²) in [4.78, 5) is 4.60. The van der Waals surface area contributed by atoms with Crippen LogP contribution in [0.3, 0.4) is 0 Å². The standard InChI is InChI=1S/C25H23N5/c1-17-15-20(16-26-28-25-27-22-12-6-7-13-24(22)29(25)3)18(2)30(17)23-14-8-10-19-9-4-5-11-21(19)23/h4-16H,1-3H3,(H,27,28)/b26-16-. The molecule has 0 unspecified atom stereocenters. The average Bonchev–Trinajstić information content (AvgIpc) is 3.23. The number of rotatable bonds is 4. The molecule has 0 radical (unpaired) electrons. The number of anilines is 1. The molecule has 5 nitrogen and oxygen atoms in total. The van der Waals surface area contributed by atoms with Gasteiger partial charge < -0.3 is 9.13 Å². The fourth-order valence-corrected chi connectivity index (χ4v) is 4.10. The summed E-state index contributed by atoms with van der Waals surface area (Å²) in [5.41, 5.74) is 9.70. The van der Waals surface area contributed by atoms with Gasteiger partial charge in [-0.1, -0.05) is 48.5 Å². The van der Waals surface area contributed by atoms with E-state index in [1.807, 2.05) is 36.0 Å². The van der Waals surface area contributed by atoms with Gasteiger partial charge in [0.2, 0.25) is 5.95 Å². The van der Waals surface area contributed by atoms with Crippen LogP contribution >= 0.6 is 0 Å². The molecule has 2 aromatic heterocycles. The summed E-state index contributed by atoms with van der Waals surface area (Å²) in [5, 5.41) is 6.94. The van der Waals surface area contributed by atoms with Crippen molar-refractivity contribution in [1.82, 2.24) is 14.1 Å². The molecule has 0 aliphatic carbocycles. The van der Waals surface area contributed by atoms with Gasteiger partial charge in [0.25, 0.3) is 0 Å². The topological polar surface area (TPSA) is 47.1 Å². The number of imidazole rings is 1. The lowest BCUT2D eigenvalue weighted by Gasteiger charge is -2.13. The average molecular weight is 393 g/mol. The first-order chi connectivity index (χ1) is 14.6. The lowest BCUT2D eigenvalue weighted by Crippen LogP contribution is -2.01. The Balaban J connectivity index is 1.48. The Bertz CT molecular complexity index is 1400. The molecule has 5 aromatic rings. The molecule has 5 rings (SSSR count). The first-order valence-electron chi connectivity index (χ1n) is 10.0. The molecular formula is C25H23N5. The van der Waals surface area contributed by atoms with E-state index in [-0.39, 0.29) is 0 Å². The van der Waals surface area contributed by atoms with Crippen molar-refractivity contribution >= 4 is 34.0 Å². The van der Waals surface area contributed by atoms with Crippen LogP contribution in [0, 0.1) is 13.8 Å². The van der Waals surface area contributed by atoms with Crippen molar-refractivity contribution in [2.75, 3.05) is 5.43 Å². The highest BCUT2D eigenvalue weighted by Crippen LogP contribution is 2.27. The number of fused-ring (bicyclic) bond motifs is 2. The van der Waals surface area contributed by atoms with Crippen LogP contribution < -0.4 is 5.43 Å². The zero-order valence-electron chi connectivity index (χ0n) is 17.3. The van der Waals surface area contributed by atoms with E-state index < -0.39 is 0 Å². The van der Waals surface area contributed by atoms with E-state index in [2.05, 4.69) is 88.5 Å². The van der Waals surface area contributed by atoms with E-state index in [1.54, 1.807) is 0 Å². The van der Waals surface area contributed by atoms with Crippen molar-refractivity contribution in [3.63, 3.8) is 0 Å². The Morgan fingerprint density at radius 2 is 1.70 bits per heavy atom. The fraction of sp³-hybridized carbons (Fsp3) is 0.120. The number of aryl methyl sites for hydroxylation is 2. The van der Waals surface area contributed by atoms with E-state index in [0.29, 0.717) is 0 Å². The Hall–Kier alpha value is -3.86. The van der Waals surface area contributed by atoms with Crippen LogP contribution in [0.4, 0.5) is 5.95 Å². The van der Waals surface area contributed by atoms with Crippen molar-refractivity contribution < 1.29 is 0 Å². The highest BCUT2D eigenvalue weighted by molar-refractivity contribution is 5.91. The minimum Gasteiger partial charge on any atom is -0.317 e. The number of aromatic nitrogens is 3. The molecule has 148 valence electrons. The lowest BCUT2D eigenvalue weighted by molar-refractivity contribution is 0.943. The second kappa shape index (κ2) is 7.19. The molecule has 0 bridgehead atoms. The quantitative estimate of drug-likeness (QED) is 0.320. The smallest absolute Gasteiger partial charge is 0.224 e. The van der Waals surface area contributed by atoms with E-state index in [1.165, 1.54) is 22.2 Å². The van der Waals surface area contributed by atoms with Crippen LogP contribution in [-0.4, -0.2) is 20.3 Å². The zero-order valence-corrected chi connectivity index (χ0v) is 17.3. The predicted molar refractivity (Wildman–Crippen MR) is 125 cm³/mol.